The molecule has 1 aromatic carbocycles. The molecule has 0 fully saturated rings. The summed E-state index contributed by atoms with van der Waals surface area (Å²) in [7, 11) is 3.12. The molecule has 5 rings (SSSR count). The molecule has 0 saturated heterocycles. The minimum absolute atomic E-state index is 0.282. The number of ether oxygens (including phenoxy) is 2. The Balaban J connectivity index is 1.39. The van der Waals surface area contributed by atoms with E-state index in [2.05, 4.69) is 21.4 Å². The number of nitrogens with zero attached hydrogens (tertiary/aromatic N) is 4. The van der Waals surface area contributed by atoms with Gasteiger partial charge in [-0.1, -0.05) is 17.7 Å². The van der Waals surface area contributed by atoms with Crippen molar-refractivity contribution in [1.82, 2.24) is 15.0 Å². The van der Waals surface area contributed by atoms with Crippen molar-refractivity contribution in [3.63, 3.8) is 0 Å². The first kappa shape index (κ1) is 25.6. The minimum Gasteiger partial charge on any atom is -0.495 e. The van der Waals surface area contributed by atoms with Crippen molar-refractivity contribution in [3.8, 4) is 28.7 Å². The number of aryl methyl sites for hydroxylation is 2. The average Bonchev–Trinajstić information content (AvgIpc) is 3.33. The van der Waals surface area contributed by atoms with Crippen LogP contribution in [0.2, 0.25) is 5.15 Å². The van der Waals surface area contributed by atoms with Crippen molar-refractivity contribution in [2.75, 3.05) is 19.5 Å². The highest BCUT2D eigenvalue weighted by Gasteiger charge is 2.26. The molecular weight excluding hydrogens is 522 g/mol. The Bertz CT molecular complexity index is 1580. The Kier molecular flexibility index (Phi) is 7.27. The van der Waals surface area contributed by atoms with Gasteiger partial charge >= 0.3 is 0 Å². The number of anilines is 1. The number of thiazole rings is 1. The van der Waals surface area contributed by atoms with Gasteiger partial charge in [0.1, 0.15) is 22.7 Å². The smallest absolute Gasteiger partial charge is 0.259 e. The first-order chi connectivity index (χ1) is 18.4. The van der Waals surface area contributed by atoms with Gasteiger partial charge in [0.05, 0.1) is 37.2 Å². The molecule has 3 aromatic heterocycles. The normalized spacial score (nSPS) is 14.3. The molecule has 192 valence electrons. The number of pyridine rings is 2. The molecule has 38 heavy (non-hydrogen) atoms. The van der Waals surface area contributed by atoms with E-state index in [0.717, 1.165) is 41.1 Å². The quantitative estimate of drug-likeness (QED) is 0.297. The van der Waals surface area contributed by atoms with Gasteiger partial charge in [-0.05, 0) is 61.9 Å². The van der Waals surface area contributed by atoms with Crippen molar-refractivity contribution in [2.45, 2.75) is 32.1 Å². The molecule has 1 N–H and O–H groups in total. The number of halogens is 1. The third-order valence-electron chi connectivity index (χ3n) is 6.61. The maximum Gasteiger partial charge on any atom is 0.259 e. The van der Waals surface area contributed by atoms with E-state index in [0.29, 0.717) is 44.0 Å². The van der Waals surface area contributed by atoms with Crippen LogP contribution in [0.3, 0.4) is 0 Å². The summed E-state index contributed by atoms with van der Waals surface area (Å²) in [5.74, 6) is 1.05. The lowest BCUT2D eigenvalue weighted by Gasteiger charge is -2.22. The number of nitrogens with one attached hydrogen (secondary N) is 1. The van der Waals surface area contributed by atoms with Crippen LogP contribution in [0.1, 0.15) is 50.1 Å². The van der Waals surface area contributed by atoms with E-state index < -0.39 is 0 Å². The van der Waals surface area contributed by atoms with Gasteiger partial charge in [0.2, 0.25) is 0 Å². The summed E-state index contributed by atoms with van der Waals surface area (Å²) >= 11 is 7.65. The van der Waals surface area contributed by atoms with E-state index in [1.54, 1.807) is 32.5 Å². The maximum atomic E-state index is 13.4. The summed E-state index contributed by atoms with van der Waals surface area (Å²) < 4.78 is 10.9. The zero-order valence-electron chi connectivity index (χ0n) is 21.0. The van der Waals surface area contributed by atoms with E-state index >= 15 is 0 Å². The van der Waals surface area contributed by atoms with Crippen LogP contribution in [-0.4, -0.2) is 35.1 Å². The lowest BCUT2D eigenvalue weighted by Crippen LogP contribution is -2.14. The number of carbonyl (C=O) groups excluding carboxylic acids is 1. The largest absolute Gasteiger partial charge is 0.495 e. The Labute approximate surface area is 229 Å². The summed E-state index contributed by atoms with van der Waals surface area (Å²) in [5, 5.41) is 13.1. The van der Waals surface area contributed by atoms with Gasteiger partial charge in [-0.15, -0.1) is 11.3 Å². The van der Waals surface area contributed by atoms with E-state index in [1.807, 2.05) is 25.1 Å². The van der Waals surface area contributed by atoms with Gasteiger partial charge in [0.15, 0.2) is 5.13 Å². The van der Waals surface area contributed by atoms with Gasteiger partial charge in [-0.25, -0.2) is 9.97 Å². The van der Waals surface area contributed by atoms with E-state index in [4.69, 9.17) is 26.1 Å². The van der Waals surface area contributed by atoms with E-state index in [-0.39, 0.29) is 11.8 Å². The van der Waals surface area contributed by atoms with Crippen molar-refractivity contribution in [1.29, 1.82) is 5.26 Å². The first-order valence-corrected chi connectivity index (χ1v) is 13.1. The number of carbonyl (C=O) groups is 1. The van der Waals surface area contributed by atoms with Gasteiger partial charge in [-0.3, -0.25) is 15.1 Å². The van der Waals surface area contributed by atoms with Crippen LogP contribution < -0.4 is 14.8 Å². The highest BCUT2D eigenvalue weighted by molar-refractivity contribution is 7.15. The first-order valence-electron chi connectivity index (χ1n) is 11.9. The monoisotopic (exact) mass is 545 g/mol. The average molecular weight is 546 g/mol. The third-order valence-corrected chi connectivity index (χ3v) is 7.85. The standard InChI is InChI=1S/C28H24ClN5O3S/c1-15-8-19(20-11-26(29)32-14-24(20)37-3)21(13-31-15)27(35)34-28-33-22-7-6-17(10-25(22)38-28)16-4-5-18(12-30)23(9-16)36-2/h4-5,8-9,11,13-14,17H,6-7,10H2,1-3H3,(H,33,34,35). The summed E-state index contributed by atoms with van der Waals surface area (Å²) in [4.78, 5) is 27.7. The molecule has 1 aliphatic carbocycles. The lowest BCUT2D eigenvalue weighted by atomic mass is 9.85. The third kappa shape index (κ3) is 5.05. The van der Waals surface area contributed by atoms with Crippen LogP contribution >= 0.6 is 22.9 Å². The number of hydrogen-bond acceptors (Lipinski definition) is 8. The molecular formula is C28H24ClN5O3S. The van der Waals surface area contributed by atoms with Crippen LogP contribution in [0.15, 0.2) is 42.7 Å². The number of hydrogen-bond donors (Lipinski definition) is 1. The number of aromatic nitrogens is 3. The molecule has 10 heteroatoms. The molecule has 4 aromatic rings. The van der Waals surface area contributed by atoms with Gasteiger partial charge in [0.25, 0.3) is 5.91 Å². The molecule has 0 aliphatic heterocycles. The van der Waals surface area contributed by atoms with Gasteiger partial charge in [0, 0.05) is 27.9 Å². The van der Waals surface area contributed by atoms with Crippen LogP contribution in [0.5, 0.6) is 11.5 Å². The second-order valence-corrected chi connectivity index (χ2v) is 10.4. The highest BCUT2D eigenvalue weighted by atomic mass is 35.5. The van der Waals surface area contributed by atoms with Gasteiger partial charge < -0.3 is 9.47 Å². The molecule has 3 heterocycles. The van der Waals surface area contributed by atoms with E-state index in [9.17, 15) is 10.1 Å². The Morgan fingerprint density at radius 3 is 2.71 bits per heavy atom. The SMILES string of the molecule is COc1cc(C2CCc3nc(NC(=O)c4cnc(C)cc4-c4cc(Cl)ncc4OC)sc3C2)ccc1C#N. The molecule has 1 unspecified atom stereocenters. The Morgan fingerprint density at radius 2 is 1.95 bits per heavy atom. The van der Waals surface area contributed by atoms with Gasteiger partial charge in [-0.2, -0.15) is 5.26 Å². The predicted molar refractivity (Wildman–Crippen MR) is 146 cm³/mol. The number of methoxy groups -OCH3 is 2. The zero-order chi connectivity index (χ0) is 26.8. The topological polar surface area (TPSA) is 110 Å². The summed E-state index contributed by atoms with van der Waals surface area (Å²) in [6.45, 7) is 1.86. The maximum absolute atomic E-state index is 13.4. The molecule has 1 aliphatic rings. The highest BCUT2D eigenvalue weighted by Crippen LogP contribution is 2.39. The summed E-state index contributed by atoms with van der Waals surface area (Å²) in [5.41, 5.74) is 5.09. The van der Waals surface area contributed by atoms with Crippen molar-refractivity contribution >= 4 is 34.0 Å². The fourth-order valence-electron chi connectivity index (χ4n) is 4.69. The Hall–Kier alpha value is -4.00. The van der Waals surface area contributed by atoms with Crippen LogP contribution in [-0.2, 0) is 12.8 Å². The fraction of sp³-hybridized carbons (Fsp3) is 0.250. The second-order valence-electron chi connectivity index (χ2n) is 8.93. The number of benzene rings is 1. The molecule has 8 nitrogen and oxygen atoms in total. The molecule has 0 radical (unpaired) electrons. The van der Waals surface area contributed by atoms with Crippen LogP contribution in [0, 0.1) is 18.3 Å². The summed E-state index contributed by atoms with van der Waals surface area (Å²) in [6.07, 6.45) is 5.62. The summed E-state index contributed by atoms with van der Waals surface area (Å²) in [6, 6.07) is 11.4. The van der Waals surface area contributed by atoms with Crippen LogP contribution in [0.4, 0.5) is 5.13 Å². The molecule has 0 saturated carbocycles. The van der Waals surface area contributed by atoms with Crippen molar-refractivity contribution in [2.24, 2.45) is 0 Å². The predicted octanol–water partition coefficient (Wildman–Crippen LogP) is 5.98. The molecule has 0 spiro atoms. The number of fused-ring (bicyclic) bond motifs is 1. The van der Waals surface area contributed by atoms with Crippen molar-refractivity contribution in [3.05, 3.63) is 80.8 Å². The van der Waals surface area contributed by atoms with E-state index in [1.165, 1.54) is 17.5 Å². The number of nitriles is 1. The van der Waals surface area contributed by atoms with Crippen LogP contribution in [0.25, 0.3) is 11.1 Å². The zero-order valence-corrected chi connectivity index (χ0v) is 22.6. The van der Waals surface area contributed by atoms with Crippen molar-refractivity contribution < 1.29 is 14.3 Å². The second kappa shape index (κ2) is 10.8. The fourth-order valence-corrected chi connectivity index (χ4v) is 5.93. The molecule has 0 bridgehead atoms. The number of amides is 1. The molecule has 1 atom stereocenters. The lowest BCUT2D eigenvalue weighted by molar-refractivity contribution is 0.102. The minimum atomic E-state index is -0.318. The number of rotatable bonds is 6. The Morgan fingerprint density at radius 1 is 1.13 bits per heavy atom. The molecule has 1 amide bonds.